The van der Waals surface area contributed by atoms with Crippen LogP contribution >= 0.6 is 23.2 Å². The van der Waals surface area contributed by atoms with Crippen molar-refractivity contribution in [1.29, 1.82) is 0 Å². The fourth-order valence-corrected chi connectivity index (χ4v) is 4.75. The van der Waals surface area contributed by atoms with Crippen LogP contribution in [0.5, 0.6) is 0 Å². The Hall–Kier alpha value is -2.86. The molecule has 14 heteroatoms. The van der Waals surface area contributed by atoms with Gasteiger partial charge in [0.2, 0.25) is 0 Å². The lowest BCUT2D eigenvalue weighted by Crippen LogP contribution is -2.47. The molecule has 0 N–H and O–H groups in total. The highest BCUT2D eigenvalue weighted by molar-refractivity contribution is 6.44. The number of halogens is 8. The number of fused-ring (bicyclic) bond motifs is 1. The topological polar surface area (TPSA) is 59.1 Å². The summed E-state index contributed by atoms with van der Waals surface area (Å²) in [6.45, 7) is 2.59. The normalized spacial score (nSPS) is 17.6. The zero-order valence-corrected chi connectivity index (χ0v) is 21.7. The highest BCUT2D eigenvalue weighted by Crippen LogP contribution is 2.47. The standard InChI is InChI=1S/C24H22Cl2F6N2O4/c1-4-38-22(36)34-12(2)7-18(16-5-6-17(25)19(26)20(16)34)33(21(35)37-3)11-13-8-14(23(27,28)29)10-15(9-13)24(30,31)32/h5-6,8-10,12,18H,4,7,11H2,1-3H3/t12-,18+/m0/s1. The number of hydrogen-bond acceptors (Lipinski definition) is 4. The average molecular weight is 587 g/mol. The molecular formula is C24H22Cl2F6N2O4. The van der Waals surface area contributed by atoms with Crippen LogP contribution in [0.2, 0.25) is 10.0 Å². The smallest absolute Gasteiger partial charge is 0.416 e. The molecule has 0 aromatic heterocycles. The van der Waals surface area contributed by atoms with Gasteiger partial charge in [-0.1, -0.05) is 29.3 Å². The van der Waals surface area contributed by atoms with Crippen molar-refractivity contribution in [2.75, 3.05) is 18.6 Å². The Labute approximate surface area is 224 Å². The monoisotopic (exact) mass is 586 g/mol. The Morgan fingerprint density at radius 1 is 1.05 bits per heavy atom. The molecule has 3 rings (SSSR count). The molecule has 38 heavy (non-hydrogen) atoms. The predicted molar refractivity (Wildman–Crippen MR) is 127 cm³/mol. The lowest BCUT2D eigenvalue weighted by molar-refractivity contribution is -0.143. The Balaban J connectivity index is 2.16. The molecule has 0 saturated carbocycles. The highest BCUT2D eigenvalue weighted by atomic mass is 35.5. The van der Waals surface area contributed by atoms with Crippen molar-refractivity contribution in [2.24, 2.45) is 0 Å². The molecule has 0 bridgehead atoms. The molecule has 0 fully saturated rings. The third-order valence-electron chi connectivity index (χ3n) is 5.96. The molecule has 0 unspecified atom stereocenters. The first-order chi connectivity index (χ1) is 17.6. The number of nitrogens with zero attached hydrogens (tertiary/aromatic N) is 2. The summed E-state index contributed by atoms with van der Waals surface area (Å²) in [6.07, 6.45) is -11.9. The third-order valence-corrected chi connectivity index (χ3v) is 6.75. The van der Waals surface area contributed by atoms with Gasteiger partial charge in [0.15, 0.2) is 0 Å². The summed E-state index contributed by atoms with van der Waals surface area (Å²) in [5.41, 5.74) is -3.09. The van der Waals surface area contributed by atoms with Crippen molar-refractivity contribution in [3.8, 4) is 0 Å². The van der Waals surface area contributed by atoms with Crippen LogP contribution in [-0.2, 0) is 28.4 Å². The van der Waals surface area contributed by atoms with E-state index in [1.807, 2.05) is 0 Å². The van der Waals surface area contributed by atoms with Crippen LogP contribution in [0.3, 0.4) is 0 Å². The summed E-state index contributed by atoms with van der Waals surface area (Å²) in [7, 11) is 1.02. The number of hydrogen-bond donors (Lipinski definition) is 0. The molecule has 0 spiro atoms. The number of benzene rings is 2. The second-order valence-electron chi connectivity index (χ2n) is 8.48. The molecule has 0 aliphatic carbocycles. The van der Waals surface area contributed by atoms with Crippen molar-refractivity contribution in [3.63, 3.8) is 0 Å². The lowest BCUT2D eigenvalue weighted by atomic mass is 9.90. The number of carbonyl (C=O) groups excluding carboxylic acids is 2. The van der Waals surface area contributed by atoms with Gasteiger partial charge in [0, 0.05) is 18.2 Å². The summed E-state index contributed by atoms with van der Waals surface area (Å²) < 4.78 is 90.4. The predicted octanol–water partition coefficient (Wildman–Crippen LogP) is 8.10. The van der Waals surface area contributed by atoms with Gasteiger partial charge in [0.1, 0.15) is 0 Å². The molecule has 0 radical (unpaired) electrons. The summed E-state index contributed by atoms with van der Waals surface area (Å²) >= 11 is 12.6. The van der Waals surface area contributed by atoms with Gasteiger partial charge >= 0.3 is 24.5 Å². The molecule has 2 aromatic rings. The summed E-state index contributed by atoms with van der Waals surface area (Å²) in [6, 6.07) is 2.32. The summed E-state index contributed by atoms with van der Waals surface area (Å²) in [5, 5.41) is 0.0295. The second kappa shape index (κ2) is 11.1. The Bertz CT molecular complexity index is 1190. The largest absolute Gasteiger partial charge is 0.453 e. The number of alkyl halides is 6. The molecule has 1 aliphatic heterocycles. The molecule has 2 aromatic carbocycles. The van der Waals surface area contributed by atoms with E-state index in [0.29, 0.717) is 12.1 Å². The van der Waals surface area contributed by atoms with Crippen LogP contribution in [0, 0.1) is 0 Å². The van der Waals surface area contributed by atoms with E-state index in [9.17, 15) is 35.9 Å². The molecule has 1 aliphatic rings. The van der Waals surface area contributed by atoms with Gasteiger partial charge < -0.3 is 9.47 Å². The Kier molecular flexibility index (Phi) is 8.67. The molecule has 2 amide bonds. The number of ether oxygens (including phenoxy) is 2. The fraction of sp³-hybridized carbons (Fsp3) is 0.417. The van der Waals surface area contributed by atoms with Crippen LogP contribution in [0.4, 0.5) is 41.6 Å². The fourth-order valence-electron chi connectivity index (χ4n) is 4.33. The quantitative estimate of drug-likeness (QED) is 0.340. The van der Waals surface area contributed by atoms with Gasteiger partial charge in [-0.2, -0.15) is 26.3 Å². The van der Waals surface area contributed by atoms with Crippen LogP contribution in [-0.4, -0.2) is 36.8 Å². The Morgan fingerprint density at radius 3 is 2.13 bits per heavy atom. The van der Waals surface area contributed by atoms with E-state index < -0.39 is 59.9 Å². The van der Waals surface area contributed by atoms with E-state index in [0.717, 1.165) is 12.0 Å². The summed E-state index contributed by atoms with van der Waals surface area (Å²) in [4.78, 5) is 27.8. The molecule has 2 atom stereocenters. The first-order valence-corrected chi connectivity index (χ1v) is 11.9. The van der Waals surface area contributed by atoms with Gasteiger partial charge in [-0.25, -0.2) is 9.59 Å². The molecule has 1 heterocycles. The van der Waals surface area contributed by atoms with Crippen LogP contribution in [0.25, 0.3) is 0 Å². The van der Waals surface area contributed by atoms with Crippen LogP contribution in [0.1, 0.15) is 48.6 Å². The minimum atomic E-state index is -5.07. The van der Waals surface area contributed by atoms with Crippen LogP contribution < -0.4 is 4.90 Å². The van der Waals surface area contributed by atoms with Crippen molar-refractivity contribution in [2.45, 2.75) is 51.2 Å². The number of carbonyl (C=O) groups is 2. The van der Waals surface area contributed by atoms with Gasteiger partial charge in [-0.3, -0.25) is 9.80 Å². The van der Waals surface area contributed by atoms with E-state index in [-0.39, 0.29) is 40.4 Å². The van der Waals surface area contributed by atoms with Crippen LogP contribution in [0.15, 0.2) is 30.3 Å². The van der Waals surface area contributed by atoms with E-state index in [1.54, 1.807) is 13.8 Å². The lowest BCUT2D eigenvalue weighted by Gasteiger charge is -2.43. The van der Waals surface area contributed by atoms with Crippen molar-refractivity contribution in [1.82, 2.24) is 4.90 Å². The number of amides is 2. The van der Waals surface area contributed by atoms with Crippen molar-refractivity contribution >= 4 is 41.1 Å². The number of rotatable bonds is 4. The SMILES string of the molecule is CCOC(=O)N1c2c(ccc(Cl)c2Cl)[C@H](N(Cc2cc(C(F)(F)F)cc(C(F)(F)F)c2)C(=O)OC)C[C@@H]1C. The average Bonchev–Trinajstić information content (AvgIpc) is 2.83. The zero-order valence-electron chi connectivity index (χ0n) is 20.2. The zero-order chi connectivity index (χ0) is 28.6. The molecular weight excluding hydrogens is 565 g/mol. The first kappa shape index (κ1) is 29.7. The number of anilines is 1. The maximum absolute atomic E-state index is 13.4. The van der Waals surface area contributed by atoms with Gasteiger partial charge in [0.05, 0.1) is 46.6 Å². The third kappa shape index (κ3) is 6.06. The van der Waals surface area contributed by atoms with Gasteiger partial charge in [0.25, 0.3) is 0 Å². The minimum Gasteiger partial charge on any atom is -0.453 e. The van der Waals surface area contributed by atoms with Crippen molar-refractivity contribution in [3.05, 3.63) is 62.6 Å². The van der Waals surface area contributed by atoms with E-state index in [2.05, 4.69) is 0 Å². The first-order valence-electron chi connectivity index (χ1n) is 11.2. The number of methoxy groups -OCH3 is 1. The molecule has 6 nitrogen and oxygen atoms in total. The van der Waals surface area contributed by atoms with E-state index in [4.69, 9.17) is 32.7 Å². The molecule has 0 saturated heterocycles. The van der Waals surface area contributed by atoms with E-state index >= 15 is 0 Å². The van der Waals surface area contributed by atoms with Crippen molar-refractivity contribution < 1.29 is 45.4 Å². The maximum atomic E-state index is 13.4. The Morgan fingerprint density at radius 2 is 1.63 bits per heavy atom. The van der Waals surface area contributed by atoms with Gasteiger partial charge in [-0.05, 0) is 50.1 Å². The van der Waals surface area contributed by atoms with E-state index in [1.165, 1.54) is 17.0 Å². The summed E-state index contributed by atoms with van der Waals surface area (Å²) in [5.74, 6) is 0. The van der Waals surface area contributed by atoms with Gasteiger partial charge in [-0.15, -0.1) is 0 Å². The molecule has 208 valence electrons. The maximum Gasteiger partial charge on any atom is 0.416 e. The minimum absolute atomic E-state index is 0.00293. The highest BCUT2D eigenvalue weighted by Gasteiger charge is 2.42. The second-order valence-corrected chi connectivity index (χ2v) is 9.27.